The number of aromatic carboxylic acids is 1. The molecule has 1 aromatic heterocycles. The molecule has 2 N–H and O–H groups in total. The van der Waals surface area contributed by atoms with Gasteiger partial charge in [0.25, 0.3) is 0 Å². The van der Waals surface area contributed by atoms with E-state index in [0.717, 1.165) is 30.6 Å². The molecular formula is C22H24N2O3. The Bertz CT molecular complexity index is 1000. The van der Waals surface area contributed by atoms with Gasteiger partial charge >= 0.3 is 5.97 Å². The zero-order valence-electron chi connectivity index (χ0n) is 15.6. The van der Waals surface area contributed by atoms with Gasteiger partial charge in [-0.25, -0.2) is 4.79 Å². The van der Waals surface area contributed by atoms with Crippen molar-refractivity contribution in [2.24, 2.45) is 0 Å². The Hall–Kier alpha value is -2.63. The third-order valence-electron chi connectivity index (χ3n) is 5.45. The minimum absolute atomic E-state index is 0.260. The number of benzene rings is 2. The van der Waals surface area contributed by atoms with Gasteiger partial charge in [0.05, 0.1) is 11.1 Å². The summed E-state index contributed by atoms with van der Waals surface area (Å²) in [5, 5.41) is 21.3. The Morgan fingerprint density at radius 3 is 2.63 bits per heavy atom. The fraction of sp³-hybridized carbons (Fsp3) is 0.318. The molecule has 2 aromatic carbocycles. The minimum atomic E-state index is -0.938. The number of carbonyl (C=O) groups is 1. The van der Waals surface area contributed by atoms with Crippen LogP contribution in [0.2, 0.25) is 0 Å². The average molecular weight is 364 g/mol. The van der Waals surface area contributed by atoms with Gasteiger partial charge in [-0.15, -0.1) is 0 Å². The van der Waals surface area contributed by atoms with E-state index >= 15 is 0 Å². The number of aliphatic hydroxyl groups is 1. The number of carboxylic acids is 1. The van der Waals surface area contributed by atoms with Crippen LogP contribution in [-0.4, -0.2) is 39.2 Å². The SMILES string of the molecule is Cc1ccc2c(c1)c1c(n2C(O)Cc2ccc(C(=O)O)cc2)CCN(C)C1. The predicted molar refractivity (Wildman–Crippen MR) is 105 cm³/mol. The van der Waals surface area contributed by atoms with Crippen LogP contribution in [0.4, 0.5) is 0 Å². The molecule has 140 valence electrons. The molecule has 1 unspecified atom stereocenters. The highest BCUT2D eigenvalue weighted by Crippen LogP contribution is 2.34. The van der Waals surface area contributed by atoms with Crippen molar-refractivity contribution in [2.45, 2.75) is 32.5 Å². The fourth-order valence-corrected chi connectivity index (χ4v) is 4.07. The van der Waals surface area contributed by atoms with E-state index in [2.05, 4.69) is 41.6 Å². The van der Waals surface area contributed by atoms with Crippen molar-refractivity contribution >= 4 is 16.9 Å². The van der Waals surface area contributed by atoms with Crippen LogP contribution in [0.5, 0.6) is 0 Å². The molecule has 1 atom stereocenters. The molecule has 5 nitrogen and oxygen atoms in total. The number of aliphatic hydroxyl groups excluding tert-OH is 1. The molecule has 0 amide bonds. The smallest absolute Gasteiger partial charge is 0.335 e. The Morgan fingerprint density at radius 2 is 1.93 bits per heavy atom. The van der Waals surface area contributed by atoms with Gasteiger partial charge in [0.1, 0.15) is 6.23 Å². The molecule has 2 heterocycles. The molecule has 0 aliphatic carbocycles. The lowest BCUT2D eigenvalue weighted by Crippen LogP contribution is -2.28. The average Bonchev–Trinajstić information content (AvgIpc) is 2.95. The standard InChI is InChI=1S/C22H24N2O3/c1-14-3-8-19-17(11-14)18-13-23(2)10-9-20(18)24(19)21(25)12-15-4-6-16(7-5-15)22(26)27/h3-8,11,21,25H,9-10,12-13H2,1-2H3,(H,26,27). The Kier molecular flexibility index (Phi) is 4.50. The van der Waals surface area contributed by atoms with Crippen LogP contribution in [0.1, 0.15) is 39.0 Å². The molecular weight excluding hydrogens is 340 g/mol. The van der Waals surface area contributed by atoms with Gasteiger partial charge in [0.2, 0.25) is 0 Å². The molecule has 0 spiro atoms. The van der Waals surface area contributed by atoms with Gasteiger partial charge in [0.15, 0.2) is 0 Å². The topological polar surface area (TPSA) is 65.7 Å². The lowest BCUT2D eigenvalue weighted by atomic mass is 10.0. The van der Waals surface area contributed by atoms with Crippen molar-refractivity contribution in [3.8, 4) is 0 Å². The van der Waals surface area contributed by atoms with Crippen LogP contribution in [0.25, 0.3) is 10.9 Å². The maximum atomic E-state index is 11.1. The summed E-state index contributed by atoms with van der Waals surface area (Å²) >= 11 is 0. The molecule has 4 rings (SSSR count). The maximum Gasteiger partial charge on any atom is 0.335 e. The predicted octanol–water partition coefficient (Wildman–Crippen LogP) is 3.37. The van der Waals surface area contributed by atoms with E-state index in [-0.39, 0.29) is 5.56 Å². The first-order valence-electron chi connectivity index (χ1n) is 9.25. The number of carboxylic acid groups (broad SMARTS) is 1. The third-order valence-corrected chi connectivity index (χ3v) is 5.45. The molecule has 0 bridgehead atoms. The highest BCUT2D eigenvalue weighted by atomic mass is 16.4. The zero-order valence-corrected chi connectivity index (χ0v) is 15.6. The lowest BCUT2D eigenvalue weighted by Gasteiger charge is -2.26. The van der Waals surface area contributed by atoms with Crippen molar-refractivity contribution in [3.05, 3.63) is 70.4 Å². The number of fused-ring (bicyclic) bond motifs is 3. The Labute approximate surface area is 158 Å². The second-order valence-electron chi connectivity index (χ2n) is 7.49. The number of rotatable bonds is 4. The first kappa shape index (κ1) is 17.8. The van der Waals surface area contributed by atoms with Crippen molar-refractivity contribution < 1.29 is 15.0 Å². The summed E-state index contributed by atoms with van der Waals surface area (Å²) in [6.45, 7) is 3.96. The monoisotopic (exact) mass is 364 g/mol. The fourth-order valence-electron chi connectivity index (χ4n) is 4.07. The van der Waals surface area contributed by atoms with E-state index in [9.17, 15) is 9.90 Å². The molecule has 3 aromatic rings. The van der Waals surface area contributed by atoms with Crippen LogP contribution in [0, 0.1) is 6.92 Å². The summed E-state index contributed by atoms with van der Waals surface area (Å²) in [4.78, 5) is 13.3. The molecule has 27 heavy (non-hydrogen) atoms. The maximum absolute atomic E-state index is 11.1. The number of aryl methyl sites for hydroxylation is 1. The van der Waals surface area contributed by atoms with E-state index in [1.807, 2.05) is 0 Å². The normalized spacial score (nSPS) is 15.7. The summed E-state index contributed by atoms with van der Waals surface area (Å²) in [5.41, 5.74) is 5.98. The van der Waals surface area contributed by atoms with Crippen molar-refractivity contribution in [3.63, 3.8) is 0 Å². The molecule has 0 saturated heterocycles. The molecule has 1 aliphatic heterocycles. The molecule has 0 radical (unpaired) electrons. The Balaban J connectivity index is 1.73. The van der Waals surface area contributed by atoms with Crippen LogP contribution in [0.3, 0.4) is 0 Å². The van der Waals surface area contributed by atoms with E-state index < -0.39 is 12.2 Å². The number of likely N-dealkylation sites (N-methyl/N-ethyl adjacent to an activating group) is 1. The van der Waals surface area contributed by atoms with Gasteiger partial charge in [-0.3, -0.25) is 0 Å². The largest absolute Gasteiger partial charge is 0.478 e. The van der Waals surface area contributed by atoms with Crippen molar-refractivity contribution in [2.75, 3.05) is 13.6 Å². The summed E-state index contributed by atoms with van der Waals surface area (Å²) in [7, 11) is 2.13. The molecule has 0 saturated carbocycles. The van der Waals surface area contributed by atoms with Crippen molar-refractivity contribution in [1.82, 2.24) is 9.47 Å². The van der Waals surface area contributed by atoms with E-state index in [1.165, 1.54) is 22.2 Å². The third kappa shape index (κ3) is 3.24. The summed E-state index contributed by atoms with van der Waals surface area (Å²) < 4.78 is 2.07. The first-order valence-corrected chi connectivity index (χ1v) is 9.25. The molecule has 5 heteroatoms. The van der Waals surface area contributed by atoms with E-state index in [0.29, 0.717) is 6.42 Å². The van der Waals surface area contributed by atoms with Crippen LogP contribution in [0.15, 0.2) is 42.5 Å². The summed E-state index contributed by atoms with van der Waals surface area (Å²) in [5.74, 6) is -0.938. The summed E-state index contributed by atoms with van der Waals surface area (Å²) in [6.07, 6.45) is 0.673. The second kappa shape index (κ2) is 6.83. The minimum Gasteiger partial charge on any atom is -0.478 e. The molecule has 0 fully saturated rings. The zero-order chi connectivity index (χ0) is 19.1. The highest BCUT2D eigenvalue weighted by Gasteiger charge is 2.25. The van der Waals surface area contributed by atoms with E-state index in [4.69, 9.17) is 5.11 Å². The highest BCUT2D eigenvalue weighted by molar-refractivity contribution is 5.88. The van der Waals surface area contributed by atoms with Gasteiger partial charge in [-0.05, 0) is 49.4 Å². The van der Waals surface area contributed by atoms with Gasteiger partial charge in [-0.1, -0.05) is 23.8 Å². The lowest BCUT2D eigenvalue weighted by molar-refractivity contribution is 0.0697. The molecule has 1 aliphatic rings. The quantitative estimate of drug-likeness (QED) is 0.745. The summed E-state index contributed by atoms with van der Waals surface area (Å²) in [6, 6.07) is 13.1. The number of aromatic nitrogens is 1. The van der Waals surface area contributed by atoms with Gasteiger partial charge in [-0.2, -0.15) is 0 Å². The van der Waals surface area contributed by atoms with Crippen molar-refractivity contribution in [1.29, 1.82) is 0 Å². The number of hydrogen-bond acceptors (Lipinski definition) is 3. The van der Waals surface area contributed by atoms with E-state index in [1.54, 1.807) is 24.3 Å². The Morgan fingerprint density at radius 1 is 1.19 bits per heavy atom. The van der Waals surface area contributed by atoms with Crippen LogP contribution >= 0.6 is 0 Å². The number of nitrogens with zero attached hydrogens (tertiary/aromatic N) is 2. The van der Waals surface area contributed by atoms with Gasteiger partial charge < -0.3 is 19.7 Å². The second-order valence-corrected chi connectivity index (χ2v) is 7.49. The van der Waals surface area contributed by atoms with Crippen LogP contribution in [-0.2, 0) is 19.4 Å². The van der Waals surface area contributed by atoms with Crippen LogP contribution < -0.4 is 0 Å². The first-order chi connectivity index (χ1) is 12.9. The van der Waals surface area contributed by atoms with Gasteiger partial charge in [0, 0.05) is 37.0 Å². The number of hydrogen-bond donors (Lipinski definition) is 2.